The third kappa shape index (κ3) is 3.77. The van der Waals surface area contributed by atoms with Crippen molar-refractivity contribution in [2.75, 3.05) is 12.4 Å². The molecule has 26 heavy (non-hydrogen) atoms. The van der Waals surface area contributed by atoms with Gasteiger partial charge >= 0.3 is 6.03 Å². The molecule has 0 radical (unpaired) electrons. The van der Waals surface area contributed by atoms with Gasteiger partial charge in [0.25, 0.3) is 0 Å². The van der Waals surface area contributed by atoms with Gasteiger partial charge in [-0.1, -0.05) is 12.1 Å². The molecule has 2 aromatic carbocycles. The second kappa shape index (κ2) is 7.43. The van der Waals surface area contributed by atoms with Gasteiger partial charge in [-0.15, -0.1) is 0 Å². The van der Waals surface area contributed by atoms with Gasteiger partial charge in [0, 0.05) is 17.6 Å². The first-order valence-corrected chi connectivity index (χ1v) is 8.25. The molecule has 2 aromatic rings. The Morgan fingerprint density at radius 2 is 1.77 bits per heavy atom. The van der Waals surface area contributed by atoms with Gasteiger partial charge in [0.15, 0.2) is 0 Å². The Kier molecular flexibility index (Phi) is 5.06. The van der Waals surface area contributed by atoms with Crippen LogP contribution in [0.4, 0.5) is 14.9 Å². The fraction of sp³-hybridized carbons (Fsp3) is 0.263. The Balaban J connectivity index is 1.73. The predicted molar refractivity (Wildman–Crippen MR) is 95.7 cm³/mol. The van der Waals surface area contributed by atoms with Gasteiger partial charge in [-0.2, -0.15) is 0 Å². The molecule has 1 heterocycles. The van der Waals surface area contributed by atoms with Crippen molar-refractivity contribution in [2.24, 2.45) is 0 Å². The Labute approximate surface area is 150 Å². The van der Waals surface area contributed by atoms with Crippen molar-refractivity contribution in [1.29, 1.82) is 0 Å². The first kappa shape index (κ1) is 17.7. The van der Waals surface area contributed by atoms with Gasteiger partial charge in [-0.25, -0.2) is 9.18 Å². The summed E-state index contributed by atoms with van der Waals surface area (Å²) < 4.78 is 18.1. The van der Waals surface area contributed by atoms with Gasteiger partial charge in [-0.05, 0) is 48.9 Å². The van der Waals surface area contributed by atoms with Crippen molar-refractivity contribution in [3.63, 3.8) is 0 Å². The highest BCUT2D eigenvalue weighted by molar-refractivity contribution is 5.95. The van der Waals surface area contributed by atoms with E-state index in [1.807, 2.05) is 31.2 Å². The lowest BCUT2D eigenvalue weighted by Gasteiger charge is -2.22. The van der Waals surface area contributed by atoms with Gasteiger partial charge in [0.2, 0.25) is 5.91 Å². The number of nitrogens with one attached hydrogen (secondary N) is 3. The summed E-state index contributed by atoms with van der Waals surface area (Å²) in [6.07, 6.45) is 0. The van der Waals surface area contributed by atoms with E-state index >= 15 is 0 Å². The molecule has 1 aliphatic rings. The highest BCUT2D eigenvalue weighted by Gasteiger charge is 2.41. The Morgan fingerprint density at radius 1 is 1.12 bits per heavy atom. The largest absolute Gasteiger partial charge is 0.497 e. The molecule has 0 saturated carbocycles. The molecule has 0 aromatic heterocycles. The van der Waals surface area contributed by atoms with E-state index in [1.54, 1.807) is 7.11 Å². The Hall–Kier alpha value is -3.09. The average molecular weight is 357 g/mol. The molecule has 1 saturated heterocycles. The zero-order valence-corrected chi connectivity index (χ0v) is 14.5. The number of hydrogen-bond acceptors (Lipinski definition) is 3. The fourth-order valence-corrected chi connectivity index (χ4v) is 3.16. The Morgan fingerprint density at radius 3 is 2.38 bits per heavy atom. The monoisotopic (exact) mass is 357 g/mol. The normalized spacial score (nSPS) is 21.8. The molecule has 0 aliphatic carbocycles. The zero-order valence-electron chi connectivity index (χ0n) is 14.5. The maximum absolute atomic E-state index is 12.9. The smallest absolute Gasteiger partial charge is 0.319 e. The number of urea groups is 1. The summed E-state index contributed by atoms with van der Waals surface area (Å²) in [5, 5.41) is 8.18. The fourth-order valence-electron chi connectivity index (χ4n) is 3.16. The summed E-state index contributed by atoms with van der Waals surface area (Å²) in [5.41, 5.74) is 1.36. The summed E-state index contributed by atoms with van der Waals surface area (Å²) in [5.74, 6) is -0.128. The molecule has 6 nitrogen and oxygen atoms in total. The van der Waals surface area contributed by atoms with Crippen LogP contribution in [0, 0.1) is 5.82 Å². The molecule has 3 atom stereocenters. The number of amides is 3. The minimum absolute atomic E-state index is 0.132. The van der Waals surface area contributed by atoms with Crippen LogP contribution < -0.4 is 20.7 Å². The summed E-state index contributed by atoms with van der Waals surface area (Å²) >= 11 is 0. The van der Waals surface area contributed by atoms with Crippen molar-refractivity contribution in [2.45, 2.75) is 24.9 Å². The van der Waals surface area contributed by atoms with E-state index in [4.69, 9.17) is 4.74 Å². The number of carbonyl (C=O) groups is 2. The summed E-state index contributed by atoms with van der Waals surface area (Å²) in [6, 6.07) is 11.4. The number of carbonyl (C=O) groups excluding carboxylic acids is 2. The highest BCUT2D eigenvalue weighted by Crippen LogP contribution is 2.30. The van der Waals surface area contributed by atoms with Crippen LogP contribution in [-0.4, -0.2) is 31.1 Å². The summed E-state index contributed by atoms with van der Waals surface area (Å²) in [6.45, 7) is 1.90. The molecule has 3 N–H and O–H groups in total. The third-order valence-corrected chi connectivity index (χ3v) is 4.44. The lowest BCUT2D eigenvalue weighted by atomic mass is 9.89. The zero-order chi connectivity index (χ0) is 18.7. The molecule has 1 fully saturated rings. The number of hydrogen-bond donors (Lipinski definition) is 3. The van der Waals surface area contributed by atoms with E-state index in [2.05, 4.69) is 16.0 Å². The highest BCUT2D eigenvalue weighted by atomic mass is 19.1. The van der Waals surface area contributed by atoms with E-state index in [0.717, 1.165) is 11.3 Å². The van der Waals surface area contributed by atoms with Crippen molar-refractivity contribution in [3.05, 3.63) is 59.9 Å². The van der Waals surface area contributed by atoms with Crippen LogP contribution in [0.25, 0.3) is 0 Å². The molecule has 1 aliphatic heterocycles. The maximum atomic E-state index is 12.9. The number of methoxy groups -OCH3 is 1. The average Bonchev–Trinajstić information content (AvgIpc) is 2.90. The van der Waals surface area contributed by atoms with E-state index in [-0.39, 0.29) is 23.7 Å². The van der Waals surface area contributed by atoms with Crippen LogP contribution in [0.5, 0.6) is 5.75 Å². The standard InChI is InChI=1S/C19H20FN3O3/c1-11-16(12-3-9-15(26-2)10-4-12)17(18(24)21-11)23-19(25)22-14-7-5-13(20)6-8-14/h3-11,16-17H,1-2H3,(H,21,24)(H2,22,23,25)/t11?,16-,17-/m1/s1. The van der Waals surface area contributed by atoms with Gasteiger partial charge in [-0.3, -0.25) is 4.79 Å². The van der Waals surface area contributed by atoms with Crippen molar-refractivity contribution >= 4 is 17.6 Å². The number of halogens is 1. The molecular formula is C19H20FN3O3. The molecule has 3 rings (SSSR count). The second-order valence-electron chi connectivity index (χ2n) is 6.18. The lowest BCUT2D eigenvalue weighted by Crippen LogP contribution is -2.44. The van der Waals surface area contributed by atoms with E-state index in [1.165, 1.54) is 24.3 Å². The minimum atomic E-state index is -0.709. The van der Waals surface area contributed by atoms with Crippen LogP contribution in [0.3, 0.4) is 0 Å². The first-order chi connectivity index (χ1) is 12.5. The van der Waals surface area contributed by atoms with Gasteiger partial charge < -0.3 is 20.7 Å². The third-order valence-electron chi connectivity index (χ3n) is 4.44. The van der Waals surface area contributed by atoms with Crippen molar-refractivity contribution in [1.82, 2.24) is 10.6 Å². The first-order valence-electron chi connectivity index (χ1n) is 8.25. The lowest BCUT2D eigenvalue weighted by molar-refractivity contribution is -0.120. The molecule has 3 amide bonds. The molecule has 0 bridgehead atoms. The van der Waals surface area contributed by atoms with Crippen LogP contribution >= 0.6 is 0 Å². The minimum Gasteiger partial charge on any atom is -0.497 e. The van der Waals surface area contributed by atoms with Crippen LogP contribution in [0.15, 0.2) is 48.5 Å². The second-order valence-corrected chi connectivity index (χ2v) is 6.18. The van der Waals surface area contributed by atoms with Gasteiger partial charge in [0.05, 0.1) is 7.11 Å². The number of ether oxygens (including phenoxy) is 1. The van der Waals surface area contributed by atoms with Crippen LogP contribution in [-0.2, 0) is 4.79 Å². The van der Waals surface area contributed by atoms with Crippen LogP contribution in [0.2, 0.25) is 0 Å². The van der Waals surface area contributed by atoms with Crippen molar-refractivity contribution < 1.29 is 18.7 Å². The maximum Gasteiger partial charge on any atom is 0.319 e. The van der Waals surface area contributed by atoms with E-state index in [0.29, 0.717) is 5.69 Å². The van der Waals surface area contributed by atoms with Crippen molar-refractivity contribution in [3.8, 4) is 5.75 Å². The van der Waals surface area contributed by atoms with Crippen LogP contribution in [0.1, 0.15) is 18.4 Å². The van der Waals surface area contributed by atoms with E-state index in [9.17, 15) is 14.0 Å². The quantitative estimate of drug-likeness (QED) is 0.787. The number of benzene rings is 2. The van der Waals surface area contributed by atoms with Gasteiger partial charge in [0.1, 0.15) is 17.6 Å². The predicted octanol–water partition coefficient (Wildman–Crippen LogP) is 2.63. The number of rotatable bonds is 4. The SMILES string of the molecule is COc1ccc([C@H]2C(C)NC(=O)[C@@H]2NC(=O)Nc2ccc(F)cc2)cc1. The molecule has 7 heteroatoms. The molecule has 1 unspecified atom stereocenters. The molecule has 0 spiro atoms. The topological polar surface area (TPSA) is 79.5 Å². The summed E-state index contributed by atoms with van der Waals surface area (Å²) in [7, 11) is 1.59. The number of anilines is 1. The Bertz CT molecular complexity index is 793. The summed E-state index contributed by atoms with van der Waals surface area (Å²) in [4.78, 5) is 24.6. The molecule has 136 valence electrons. The molecular weight excluding hydrogens is 337 g/mol. The van der Waals surface area contributed by atoms with E-state index < -0.39 is 12.1 Å².